The molecule has 3 nitrogen and oxygen atoms in total. The first-order chi connectivity index (χ1) is 9.61. The SMILES string of the molecule is CN(CCOCC1CC1)C(CN)c1cc(F)ccc1F. The minimum atomic E-state index is -0.446. The second kappa shape index (κ2) is 7.11. The fraction of sp³-hybridized carbons (Fsp3) is 0.600. The molecule has 112 valence electrons. The quantitative estimate of drug-likeness (QED) is 0.745. The number of rotatable bonds is 8. The molecule has 0 bridgehead atoms. The van der Waals surface area contributed by atoms with E-state index in [1.165, 1.54) is 18.9 Å². The summed E-state index contributed by atoms with van der Waals surface area (Å²) >= 11 is 0. The third-order valence-electron chi connectivity index (χ3n) is 3.71. The molecule has 1 aromatic rings. The fourth-order valence-corrected chi connectivity index (χ4v) is 2.21. The van der Waals surface area contributed by atoms with Gasteiger partial charge in [0.05, 0.1) is 6.61 Å². The maximum absolute atomic E-state index is 13.8. The Kier molecular flexibility index (Phi) is 5.46. The summed E-state index contributed by atoms with van der Waals surface area (Å²) in [6.45, 7) is 2.26. The molecule has 0 amide bonds. The lowest BCUT2D eigenvalue weighted by Gasteiger charge is -2.27. The van der Waals surface area contributed by atoms with Crippen molar-refractivity contribution >= 4 is 0 Å². The van der Waals surface area contributed by atoms with Crippen LogP contribution in [0.5, 0.6) is 0 Å². The van der Waals surface area contributed by atoms with Gasteiger partial charge in [0.25, 0.3) is 0 Å². The summed E-state index contributed by atoms with van der Waals surface area (Å²) in [6, 6.07) is 3.14. The van der Waals surface area contributed by atoms with E-state index >= 15 is 0 Å². The molecule has 0 aliphatic heterocycles. The molecule has 0 aromatic heterocycles. The zero-order valence-corrected chi connectivity index (χ0v) is 11.8. The molecule has 1 aliphatic carbocycles. The van der Waals surface area contributed by atoms with Gasteiger partial charge in [-0.25, -0.2) is 8.78 Å². The predicted octanol–water partition coefficient (Wildman–Crippen LogP) is 2.32. The number of nitrogens with zero attached hydrogens (tertiary/aromatic N) is 1. The van der Waals surface area contributed by atoms with E-state index in [1.54, 1.807) is 0 Å². The molecule has 1 aromatic carbocycles. The largest absolute Gasteiger partial charge is 0.380 e. The number of benzene rings is 1. The van der Waals surface area contributed by atoms with Gasteiger partial charge >= 0.3 is 0 Å². The highest BCUT2D eigenvalue weighted by Gasteiger charge is 2.22. The van der Waals surface area contributed by atoms with Crippen LogP contribution in [0.25, 0.3) is 0 Å². The Hall–Kier alpha value is -1.04. The number of likely N-dealkylation sites (N-methyl/N-ethyl adjacent to an activating group) is 1. The summed E-state index contributed by atoms with van der Waals surface area (Å²) in [5.74, 6) is -0.142. The molecule has 1 fully saturated rings. The minimum Gasteiger partial charge on any atom is -0.380 e. The maximum Gasteiger partial charge on any atom is 0.128 e. The Morgan fingerprint density at radius 1 is 1.40 bits per heavy atom. The van der Waals surface area contributed by atoms with Crippen molar-refractivity contribution in [3.05, 3.63) is 35.4 Å². The van der Waals surface area contributed by atoms with E-state index in [0.717, 1.165) is 24.7 Å². The Bertz CT molecular complexity index is 438. The van der Waals surface area contributed by atoms with Gasteiger partial charge in [-0.3, -0.25) is 4.90 Å². The molecule has 0 spiro atoms. The lowest BCUT2D eigenvalue weighted by molar-refractivity contribution is 0.0917. The van der Waals surface area contributed by atoms with Gasteiger partial charge in [0.1, 0.15) is 11.6 Å². The third kappa shape index (κ3) is 4.23. The van der Waals surface area contributed by atoms with Crippen LogP contribution < -0.4 is 5.73 Å². The van der Waals surface area contributed by atoms with Crippen molar-refractivity contribution < 1.29 is 13.5 Å². The summed E-state index contributed by atoms with van der Waals surface area (Å²) in [5, 5.41) is 0. The second-order valence-electron chi connectivity index (χ2n) is 5.42. The van der Waals surface area contributed by atoms with Crippen molar-refractivity contribution in [3.63, 3.8) is 0 Å². The van der Waals surface area contributed by atoms with Gasteiger partial charge in [-0.05, 0) is 44.0 Å². The zero-order chi connectivity index (χ0) is 14.5. The monoisotopic (exact) mass is 284 g/mol. The summed E-state index contributed by atoms with van der Waals surface area (Å²) in [6.07, 6.45) is 2.52. The van der Waals surface area contributed by atoms with E-state index in [9.17, 15) is 8.78 Å². The molecule has 2 rings (SSSR count). The molecule has 0 radical (unpaired) electrons. The van der Waals surface area contributed by atoms with Gasteiger partial charge in [0.2, 0.25) is 0 Å². The lowest BCUT2D eigenvalue weighted by atomic mass is 10.0. The van der Waals surface area contributed by atoms with Crippen LogP contribution in [-0.4, -0.2) is 38.3 Å². The first-order valence-electron chi connectivity index (χ1n) is 7.04. The summed E-state index contributed by atoms with van der Waals surface area (Å²) in [5.41, 5.74) is 6.02. The third-order valence-corrected chi connectivity index (χ3v) is 3.71. The lowest BCUT2D eigenvalue weighted by Crippen LogP contribution is -2.33. The van der Waals surface area contributed by atoms with Crippen LogP contribution in [0, 0.1) is 17.6 Å². The molecule has 0 heterocycles. The van der Waals surface area contributed by atoms with Crippen LogP contribution in [0.3, 0.4) is 0 Å². The molecule has 1 atom stereocenters. The fourth-order valence-electron chi connectivity index (χ4n) is 2.21. The average Bonchev–Trinajstić information content (AvgIpc) is 3.24. The van der Waals surface area contributed by atoms with Crippen molar-refractivity contribution in [2.75, 3.05) is 33.4 Å². The van der Waals surface area contributed by atoms with Crippen LogP contribution in [-0.2, 0) is 4.74 Å². The Morgan fingerprint density at radius 3 is 2.80 bits per heavy atom. The van der Waals surface area contributed by atoms with Crippen LogP contribution in [0.4, 0.5) is 8.78 Å². The van der Waals surface area contributed by atoms with E-state index in [4.69, 9.17) is 10.5 Å². The van der Waals surface area contributed by atoms with Crippen molar-refractivity contribution in [3.8, 4) is 0 Å². The standard InChI is InChI=1S/C15H22F2N2O/c1-19(6-7-20-10-11-2-3-11)15(9-18)13-8-12(16)4-5-14(13)17/h4-5,8,11,15H,2-3,6-7,9-10,18H2,1H3. The molecular formula is C15H22F2N2O. The van der Waals surface area contributed by atoms with Crippen LogP contribution >= 0.6 is 0 Å². The van der Waals surface area contributed by atoms with Gasteiger partial charge in [-0.15, -0.1) is 0 Å². The number of nitrogens with two attached hydrogens (primary N) is 1. The Morgan fingerprint density at radius 2 is 2.15 bits per heavy atom. The Balaban J connectivity index is 1.89. The molecular weight excluding hydrogens is 262 g/mol. The van der Waals surface area contributed by atoms with Gasteiger partial charge in [0, 0.05) is 31.3 Å². The molecule has 0 saturated heterocycles. The van der Waals surface area contributed by atoms with Crippen LogP contribution in [0.15, 0.2) is 18.2 Å². The van der Waals surface area contributed by atoms with Gasteiger partial charge in [0.15, 0.2) is 0 Å². The predicted molar refractivity (Wildman–Crippen MR) is 74.3 cm³/mol. The van der Waals surface area contributed by atoms with E-state index in [2.05, 4.69) is 0 Å². The summed E-state index contributed by atoms with van der Waals surface area (Å²) in [7, 11) is 1.85. The highest BCUT2D eigenvalue weighted by atomic mass is 19.1. The number of ether oxygens (including phenoxy) is 1. The second-order valence-corrected chi connectivity index (χ2v) is 5.42. The number of hydrogen-bond acceptors (Lipinski definition) is 3. The van der Waals surface area contributed by atoms with Crippen molar-refractivity contribution in [2.45, 2.75) is 18.9 Å². The van der Waals surface area contributed by atoms with E-state index in [0.29, 0.717) is 18.7 Å². The van der Waals surface area contributed by atoms with E-state index < -0.39 is 11.6 Å². The number of halogens is 2. The Labute approximate surface area is 118 Å². The highest BCUT2D eigenvalue weighted by molar-refractivity contribution is 5.22. The van der Waals surface area contributed by atoms with Crippen molar-refractivity contribution in [1.29, 1.82) is 0 Å². The maximum atomic E-state index is 13.8. The van der Waals surface area contributed by atoms with E-state index in [1.807, 2.05) is 11.9 Å². The topological polar surface area (TPSA) is 38.5 Å². The smallest absolute Gasteiger partial charge is 0.128 e. The molecule has 5 heteroatoms. The summed E-state index contributed by atoms with van der Waals surface area (Å²) < 4.78 is 32.6. The molecule has 1 aliphatic rings. The molecule has 2 N–H and O–H groups in total. The van der Waals surface area contributed by atoms with Gasteiger partial charge in [-0.2, -0.15) is 0 Å². The van der Waals surface area contributed by atoms with E-state index in [-0.39, 0.29) is 12.6 Å². The van der Waals surface area contributed by atoms with Gasteiger partial charge < -0.3 is 10.5 Å². The molecule has 20 heavy (non-hydrogen) atoms. The summed E-state index contributed by atoms with van der Waals surface area (Å²) in [4.78, 5) is 1.91. The van der Waals surface area contributed by atoms with Crippen LogP contribution in [0.2, 0.25) is 0 Å². The van der Waals surface area contributed by atoms with Crippen molar-refractivity contribution in [1.82, 2.24) is 4.90 Å². The highest BCUT2D eigenvalue weighted by Crippen LogP contribution is 2.28. The average molecular weight is 284 g/mol. The zero-order valence-electron chi connectivity index (χ0n) is 11.8. The molecule has 1 unspecified atom stereocenters. The number of hydrogen-bond donors (Lipinski definition) is 1. The minimum absolute atomic E-state index is 0.236. The first kappa shape index (κ1) is 15.4. The normalized spacial score (nSPS) is 16.6. The first-order valence-corrected chi connectivity index (χ1v) is 7.04. The van der Waals surface area contributed by atoms with Gasteiger partial charge in [-0.1, -0.05) is 0 Å². The van der Waals surface area contributed by atoms with Crippen LogP contribution in [0.1, 0.15) is 24.4 Å². The van der Waals surface area contributed by atoms with Crippen molar-refractivity contribution in [2.24, 2.45) is 11.7 Å². The molecule has 1 saturated carbocycles.